The molecule has 2 rings (SSSR count). The molecule has 1 N–H and O–H groups in total. The molecule has 0 aliphatic heterocycles. The molecule has 0 atom stereocenters. The van der Waals surface area contributed by atoms with Gasteiger partial charge in [-0.25, -0.2) is 0 Å². The lowest BCUT2D eigenvalue weighted by Gasteiger charge is -2.11. The summed E-state index contributed by atoms with van der Waals surface area (Å²) in [5, 5.41) is 2.89. The zero-order valence-corrected chi connectivity index (χ0v) is 12.7. The molecule has 0 unspecified atom stereocenters. The summed E-state index contributed by atoms with van der Waals surface area (Å²) in [6, 6.07) is 11.0. The van der Waals surface area contributed by atoms with E-state index in [0.29, 0.717) is 17.1 Å². The molecule has 0 heterocycles. The van der Waals surface area contributed by atoms with Crippen molar-refractivity contribution >= 4 is 11.6 Å². The third kappa shape index (κ3) is 3.54. The summed E-state index contributed by atoms with van der Waals surface area (Å²) < 4.78 is 10.4. The highest BCUT2D eigenvalue weighted by atomic mass is 16.5. The van der Waals surface area contributed by atoms with Crippen LogP contribution in [-0.4, -0.2) is 20.1 Å². The van der Waals surface area contributed by atoms with E-state index in [0.717, 1.165) is 16.8 Å². The van der Waals surface area contributed by atoms with Crippen molar-refractivity contribution < 1.29 is 14.3 Å². The van der Waals surface area contributed by atoms with Gasteiger partial charge in [-0.1, -0.05) is 6.07 Å². The first kappa shape index (κ1) is 14.9. The first-order valence-corrected chi connectivity index (χ1v) is 6.65. The summed E-state index contributed by atoms with van der Waals surface area (Å²) in [4.78, 5) is 12.3. The molecule has 0 aliphatic carbocycles. The van der Waals surface area contributed by atoms with Gasteiger partial charge < -0.3 is 14.8 Å². The number of aryl methyl sites for hydroxylation is 2. The SMILES string of the molecule is COc1ccc(C(=O)Nc2cc(C)cc(C)c2)cc1OC. The lowest BCUT2D eigenvalue weighted by molar-refractivity contribution is 0.102. The van der Waals surface area contributed by atoms with Crippen molar-refractivity contribution in [2.45, 2.75) is 13.8 Å². The van der Waals surface area contributed by atoms with Crippen LogP contribution in [0.5, 0.6) is 11.5 Å². The molecule has 4 nitrogen and oxygen atoms in total. The minimum Gasteiger partial charge on any atom is -0.493 e. The number of hydrogen-bond donors (Lipinski definition) is 1. The van der Waals surface area contributed by atoms with Crippen LogP contribution in [0, 0.1) is 13.8 Å². The molecule has 21 heavy (non-hydrogen) atoms. The van der Waals surface area contributed by atoms with Crippen LogP contribution in [0.15, 0.2) is 36.4 Å². The second kappa shape index (κ2) is 6.31. The van der Waals surface area contributed by atoms with Crippen LogP contribution < -0.4 is 14.8 Å². The Bertz CT molecular complexity index is 645. The van der Waals surface area contributed by atoms with Gasteiger partial charge in [0.05, 0.1) is 14.2 Å². The number of nitrogens with one attached hydrogen (secondary N) is 1. The molecule has 0 bridgehead atoms. The molecule has 0 fully saturated rings. The molecule has 0 saturated carbocycles. The van der Waals surface area contributed by atoms with Gasteiger partial charge in [0.15, 0.2) is 11.5 Å². The third-order valence-electron chi connectivity index (χ3n) is 3.13. The number of anilines is 1. The average molecular weight is 285 g/mol. The molecule has 1 amide bonds. The van der Waals surface area contributed by atoms with Gasteiger partial charge in [0.2, 0.25) is 0 Å². The van der Waals surface area contributed by atoms with Crippen molar-refractivity contribution in [3.63, 3.8) is 0 Å². The highest BCUT2D eigenvalue weighted by Crippen LogP contribution is 2.28. The maximum absolute atomic E-state index is 12.3. The van der Waals surface area contributed by atoms with Gasteiger partial charge in [-0.05, 0) is 55.3 Å². The van der Waals surface area contributed by atoms with E-state index in [2.05, 4.69) is 11.4 Å². The predicted molar refractivity (Wildman–Crippen MR) is 83.4 cm³/mol. The van der Waals surface area contributed by atoms with Crippen LogP contribution in [0.4, 0.5) is 5.69 Å². The number of benzene rings is 2. The minimum atomic E-state index is -0.180. The minimum absolute atomic E-state index is 0.180. The normalized spacial score (nSPS) is 10.1. The first-order valence-electron chi connectivity index (χ1n) is 6.65. The third-order valence-corrected chi connectivity index (χ3v) is 3.13. The number of rotatable bonds is 4. The van der Waals surface area contributed by atoms with Crippen LogP contribution in [0.3, 0.4) is 0 Å². The smallest absolute Gasteiger partial charge is 0.255 e. The van der Waals surface area contributed by atoms with Gasteiger partial charge in [0, 0.05) is 11.3 Å². The van der Waals surface area contributed by atoms with Gasteiger partial charge >= 0.3 is 0 Å². The maximum atomic E-state index is 12.3. The predicted octanol–water partition coefficient (Wildman–Crippen LogP) is 3.57. The Morgan fingerprint density at radius 1 is 0.905 bits per heavy atom. The highest BCUT2D eigenvalue weighted by molar-refractivity contribution is 6.04. The summed E-state index contributed by atoms with van der Waals surface area (Å²) in [6.07, 6.45) is 0. The summed E-state index contributed by atoms with van der Waals surface area (Å²) >= 11 is 0. The van der Waals surface area contributed by atoms with E-state index in [1.807, 2.05) is 26.0 Å². The molecule has 2 aromatic carbocycles. The maximum Gasteiger partial charge on any atom is 0.255 e. The lowest BCUT2D eigenvalue weighted by atomic mass is 10.1. The van der Waals surface area contributed by atoms with Crippen LogP contribution in [-0.2, 0) is 0 Å². The zero-order chi connectivity index (χ0) is 15.4. The van der Waals surface area contributed by atoms with E-state index >= 15 is 0 Å². The van der Waals surface area contributed by atoms with Crippen molar-refractivity contribution in [2.75, 3.05) is 19.5 Å². The number of amides is 1. The Kier molecular flexibility index (Phi) is 4.48. The van der Waals surface area contributed by atoms with E-state index in [4.69, 9.17) is 9.47 Å². The van der Waals surface area contributed by atoms with Gasteiger partial charge in [0.1, 0.15) is 0 Å². The van der Waals surface area contributed by atoms with Crippen molar-refractivity contribution in [1.82, 2.24) is 0 Å². The summed E-state index contributed by atoms with van der Waals surface area (Å²) in [6.45, 7) is 4.00. The van der Waals surface area contributed by atoms with E-state index in [-0.39, 0.29) is 5.91 Å². The molecular formula is C17H19NO3. The summed E-state index contributed by atoms with van der Waals surface area (Å²) in [5.41, 5.74) is 3.52. The van der Waals surface area contributed by atoms with Crippen LogP contribution in [0.25, 0.3) is 0 Å². The standard InChI is InChI=1S/C17H19NO3/c1-11-7-12(2)9-14(8-11)18-17(19)13-5-6-15(20-3)16(10-13)21-4/h5-10H,1-4H3,(H,18,19). The Balaban J connectivity index is 2.24. The van der Waals surface area contributed by atoms with Crippen LogP contribution in [0.1, 0.15) is 21.5 Å². The second-order valence-electron chi connectivity index (χ2n) is 4.90. The molecule has 0 aliphatic rings. The monoisotopic (exact) mass is 285 g/mol. The van der Waals surface area contributed by atoms with E-state index in [1.54, 1.807) is 32.4 Å². The number of carbonyl (C=O) groups excluding carboxylic acids is 1. The molecule has 0 aromatic heterocycles. The van der Waals surface area contributed by atoms with Gasteiger partial charge in [-0.2, -0.15) is 0 Å². The van der Waals surface area contributed by atoms with E-state index in [9.17, 15) is 4.79 Å². The Labute approximate surface area is 124 Å². The summed E-state index contributed by atoms with van der Waals surface area (Å²) in [7, 11) is 3.11. The number of hydrogen-bond acceptors (Lipinski definition) is 3. The molecule has 2 aromatic rings. The highest BCUT2D eigenvalue weighted by Gasteiger charge is 2.11. The van der Waals surface area contributed by atoms with E-state index < -0.39 is 0 Å². The van der Waals surface area contributed by atoms with Crippen LogP contribution >= 0.6 is 0 Å². The molecule has 0 saturated heterocycles. The lowest BCUT2D eigenvalue weighted by Crippen LogP contribution is -2.12. The molecular weight excluding hydrogens is 266 g/mol. The van der Waals surface area contributed by atoms with Crippen molar-refractivity contribution in [2.24, 2.45) is 0 Å². The Morgan fingerprint density at radius 3 is 2.10 bits per heavy atom. The van der Waals surface area contributed by atoms with Crippen molar-refractivity contribution in [3.8, 4) is 11.5 Å². The van der Waals surface area contributed by atoms with Gasteiger partial charge in [0.25, 0.3) is 5.91 Å². The van der Waals surface area contributed by atoms with Crippen molar-refractivity contribution in [1.29, 1.82) is 0 Å². The first-order chi connectivity index (χ1) is 10.0. The number of methoxy groups -OCH3 is 2. The number of carbonyl (C=O) groups is 1. The molecule has 0 radical (unpaired) electrons. The van der Waals surface area contributed by atoms with Gasteiger partial charge in [-0.15, -0.1) is 0 Å². The van der Waals surface area contributed by atoms with Crippen LogP contribution in [0.2, 0.25) is 0 Å². The fourth-order valence-corrected chi connectivity index (χ4v) is 2.23. The van der Waals surface area contributed by atoms with Crippen molar-refractivity contribution in [3.05, 3.63) is 53.1 Å². The largest absolute Gasteiger partial charge is 0.493 e. The topological polar surface area (TPSA) is 47.6 Å². The number of ether oxygens (including phenoxy) is 2. The Hall–Kier alpha value is -2.49. The fourth-order valence-electron chi connectivity index (χ4n) is 2.23. The summed E-state index contributed by atoms with van der Waals surface area (Å²) in [5.74, 6) is 0.951. The quantitative estimate of drug-likeness (QED) is 0.934. The molecule has 4 heteroatoms. The molecule has 0 spiro atoms. The Morgan fingerprint density at radius 2 is 1.52 bits per heavy atom. The van der Waals surface area contributed by atoms with E-state index in [1.165, 1.54) is 0 Å². The fraction of sp³-hybridized carbons (Fsp3) is 0.235. The second-order valence-corrected chi connectivity index (χ2v) is 4.90. The van der Waals surface area contributed by atoms with Gasteiger partial charge in [-0.3, -0.25) is 4.79 Å². The average Bonchev–Trinajstić information content (AvgIpc) is 2.45. The molecule has 110 valence electrons. The zero-order valence-electron chi connectivity index (χ0n) is 12.7.